The molecule has 2 aromatic carbocycles. The third-order valence-electron chi connectivity index (χ3n) is 6.65. The maximum absolute atomic E-state index is 13.2. The Balaban J connectivity index is 1.32. The summed E-state index contributed by atoms with van der Waals surface area (Å²) < 4.78 is 5.81. The van der Waals surface area contributed by atoms with Gasteiger partial charge in [-0.15, -0.1) is 0 Å². The Morgan fingerprint density at radius 1 is 1.00 bits per heavy atom. The summed E-state index contributed by atoms with van der Waals surface area (Å²) in [7, 11) is 0. The standard InChI is InChI=1S/C28H33N3O4/c29-27(33)25-14-7-13-24(28(25,34)35-21-22-9-3-1-4-10-22)26(32)15-8-16-30-17-19-31(20-18-30)23-11-5-2-6-12-23/h1-7,9-14,25,34H,8,15-21H2,(H2,29,33). The molecule has 1 aliphatic carbocycles. The zero-order chi connectivity index (χ0) is 24.7. The molecule has 2 aromatic rings. The van der Waals surface area contributed by atoms with Crippen molar-refractivity contribution in [3.63, 3.8) is 0 Å². The highest BCUT2D eigenvalue weighted by atomic mass is 16.6. The van der Waals surface area contributed by atoms with Crippen molar-refractivity contribution >= 4 is 17.4 Å². The van der Waals surface area contributed by atoms with Crippen LogP contribution in [0, 0.1) is 5.92 Å². The van der Waals surface area contributed by atoms with E-state index in [1.807, 2.05) is 36.4 Å². The fourth-order valence-electron chi connectivity index (χ4n) is 4.66. The van der Waals surface area contributed by atoms with Crippen LogP contribution in [0.1, 0.15) is 18.4 Å². The number of primary amides is 1. The first-order valence-electron chi connectivity index (χ1n) is 12.1. The van der Waals surface area contributed by atoms with Gasteiger partial charge in [0.1, 0.15) is 5.92 Å². The fourth-order valence-corrected chi connectivity index (χ4v) is 4.66. The van der Waals surface area contributed by atoms with E-state index in [1.165, 1.54) is 17.8 Å². The topological polar surface area (TPSA) is 96.1 Å². The van der Waals surface area contributed by atoms with E-state index >= 15 is 0 Å². The fraction of sp³-hybridized carbons (Fsp3) is 0.357. The molecule has 0 aromatic heterocycles. The number of amides is 1. The molecule has 0 spiro atoms. The molecular formula is C28H33N3O4. The predicted octanol–water partition coefficient (Wildman–Crippen LogP) is 2.66. The van der Waals surface area contributed by atoms with Gasteiger partial charge in [-0.3, -0.25) is 14.5 Å². The van der Waals surface area contributed by atoms with E-state index in [4.69, 9.17) is 10.5 Å². The van der Waals surface area contributed by atoms with Crippen molar-refractivity contribution in [2.24, 2.45) is 11.7 Å². The van der Waals surface area contributed by atoms with Crippen LogP contribution in [0.4, 0.5) is 5.69 Å². The van der Waals surface area contributed by atoms with Gasteiger partial charge in [-0.1, -0.05) is 66.8 Å². The minimum Gasteiger partial charge on any atom is -0.369 e. The van der Waals surface area contributed by atoms with Gasteiger partial charge in [0.25, 0.3) is 0 Å². The lowest BCUT2D eigenvalue weighted by atomic mass is 9.83. The molecule has 1 heterocycles. The van der Waals surface area contributed by atoms with Crippen molar-refractivity contribution in [1.29, 1.82) is 0 Å². The quantitative estimate of drug-likeness (QED) is 0.513. The van der Waals surface area contributed by atoms with Crippen LogP contribution in [0.2, 0.25) is 0 Å². The number of hydrogen-bond donors (Lipinski definition) is 2. The molecule has 3 N–H and O–H groups in total. The first-order chi connectivity index (χ1) is 17.0. The largest absolute Gasteiger partial charge is 0.369 e. The van der Waals surface area contributed by atoms with Crippen LogP contribution in [-0.2, 0) is 20.9 Å². The molecule has 4 rings (SSSR count). The highest BCUT2D eigenvalue weighted by Gasteiger charge is 2.47. The number of carbonyl (C=O) groups is 2. The Bertz CT molecular complexity index is 1060. The molecule has 7 nitrogen and oxygen atoms in total. The predicted molar refractivity (Wildman–Crippen MR) is 135 cm³/mol. The molecule has 1 amide bonds. The molecule has 0 bridgehead atoms. The van der Waals surface area contributed by atoms with Gasteiger partial charge in [0.2, 0.25) is 11.7 Å². The number of ether oxygens (including phenoxy) is 1. The Labute approximate surface area is 206 Å². The number of allylic oxidation sites excluding steroid dienone is 2. The van der Waals surface area contributed by atoms with Crippen molar-refractivity contribution in [3.8, 4) is 0 Å². The first kappa shape index (κ1) is 24.9. The molecule has 35 heavy (non-hydrogen) atoms. The average molecular weight is 476 g/mol. The minimum absolute atomic E-state index is 0.0469. The molecule has 7 heteroatoms. The molecule has 0 radical (unpaired) electrons. The summed E-state index contributed by atoms with van der Waals surface area (Å²) >= 11 is 0. The average Bonchev–Trinajstić information content (AvgIpc) is 2.89. The van der Waals surface area contributed by atoms with E-state index in [0.29, 0.717) is 6.42 Å². The monoisotopic (exact) mass is 475 g/mol. The van der Waals surface area contributed by atoms with Gasteiger partial charge in [0.05, 0.1) is 12.2 Å². The number of para-hydroxylation sites is 1. The second kappa shape index (κ2) is 11.4. The van der Waals surface area contributed by atoms with Crippen molar-refractivity contribution in [2.75, 3.05) is 37.6 Å². The number of anilines is 1. The maximum atomic E-state index is 13.2. The number of nitrogens with two attached hydrogens (primary N) is 1. The first-order valence-corrected chi connectivity index (χ1v) is 12.1. The number of nitrogens with zero attached hydrogens (tertiary/aromatic N) is 2. The van der Waals surface area contributed by atoms with E-state index in [9.17, 15) is 14.7 Å². The SMILES string of the molecule is NC(=O)C1C=CC=C(C(=O)CCCN2CCN(c3ccccc3)CC2)C1(O)OCc1ccccc1. The van der Waals surface area contributed by atoms with Gasteiger partial charge < -0.3 is 20.5 Å². The molecule has 0 saturated carbocycles. The van der Waals surface area contributed by atoms with Gasteiger partial charge in [0.15, 0.2) is 5.78 Å². The normalized spacial score (nSPS) is 22.6. The van der Waals surface area contributed by atoms with Crippen molar-refractivity contribution in [1.82, 2.24) is 4.90 Å². The number of ketones is 1. The summed E-state index contributed by atoms with van der Waals surface area (Å²) in [4.78, 5) is 30.0. The minimum atomic E-state index is -2.09. The number of piperazine rings is 1. The van der Waals surface area contributed by atoms with E-state index in [0.717, 1.165) is 38.3 Å². The van der Waals surface area contributed by atoms with Crippen LogP contribution in [0.15, 0.2) is 84.5 Å². The van der Waals surface area contributed by atoms with Crippen molar-refractivity contribution < 1.29 is 19.4 Å². The van der Waals surface area contributed by atoms with Crippen molar-refractivity contribution in [2.45, 2.75) is 25.2 Å². The van der Waals surface area contributed by atoms with Gasteiger partial charge in [-0.25, -0.2) is 0 Å². The van der Waals surface area contributed by atoms with Gasteiger partial charge in [-0.2, -0.15) is 0 Å². The summed E-state index contributed by atoms with van der Waals surface area (Å²) in [5, 5.41) is 11.4. The van der Waals surface area contributed by atoms with Gasteiger partial charge in [0, 0.05) is 38.3 Å². The molecular weight excluding hydrogens is 442 g/mol. The number of rotatable bonds is 10. The molecule has 184 valence electrons. The zero-order valence-electron chi connectivity index (χ0n) is 19.9. The highest BCUT2D eigenvalue weighted by molar-refractivity contribution is 5.99. The van der Waals surface area contributed by atoms with Crippen LogP contribution < -0.4 is 10.6 Å². The number of Topliss-reactive ketones (excluding diaryl/α,β-unsaturated/α-hetero) is 1. The van der Waals surface area contributed by atoms with Crippen LogP contribution in [-0.4, -0.2) is 60.2 Å². The van der Waals surface area contributed by atoms with Crippen LogP contribution in [0.5, 0.6) is 0 Å². The highest BCUT2D eigenvalue weighted by Crippen LogP contribution is 2.34. The van der Waals surface area contributed by atoms with Crippen molar-refractivity contribution in [3.05, 3.63) is 90.0 Å². The maximum Gasteiger partial charge on any atom is 0.230 e. The molecule has 2 aliphatic rings. The third kappa shape index (κ3) is 6.06. The molecule has 1 fully saturated rings. The summed E-state index contributed by atoms with van der Waals surface area (Å²) in [6.45, 7) is 4.60. The summed E-state index contributed by atoms with van der Waals surface area (Å²) in [6, 6.07) is 19.7. The lowest BCUT2D eigenvalue weighted by Gasteiger charge is -2.37. The van der Waals surface area contributed by atoms with Crippen LogP contribution >= 0.6 is 0 Å². The molecule has 2 atom stereocenters. The number of aliphatic hydroxyl groups is 1. The second-order valence-electron chi connectivity index (χ2n) is 9.01. The number of carbonyl (C=O) groups excluding carboxylic acids is 2. The number of hydrogen-bond acceptors (Lipinski definition) is 6. The Hall–Kier alpha value is -3.26. The molecule has 1 aliphatic heterocycles. The second-order valence-corrected chi connectivity index (χ2v) is 9.01. The summed E-state index contributed by atoms with van der Waals surface area (Å²) in [5.74, 6) is -4.21. The molecule has 1 saturated heterocycles. The third-order valence-corrected chi connectivity index (χ3v) is 6.65. The molecule has 2 unspecified atom stereocenters. The van der Waals surface area contributed by atoms with E-state index in [2.05, 4.69) is 34.1 Å². The number of benzene rings is 2. The Morgan fingerprint density at radius 3 is 2.31 bits per heavy atom. The summed E-state index contributed by atoms with van der Waals surface area (Å²) in [5.41, 5.74) is 7.68. The van der Waals surface area contributed by atoms with Crippen LogP contribution in [0.3, 0.4) is 0 Å². The van der Waals surface area contributed by atoms with Crippen LogP contribution in [0.25, 0.3) is 0 Å². The van der Waals surface area contributed by atoms with Gasteiger partial charge in [-0.05, 0) is 30.7 Å². The van der Waals surface area contributed by atoms with E-state index in [1.54, 1.807) is 6.08 Å². The Kier molecular flexibility index (Phi) is 8.13. The smallest absolute Gasteiger partial charge is 0.230 e. The zero-order valence-corrected chi connectivity index (χ0v) is 19.9. The van der Waals surface area contributed by atoms with Gasteiger partial charge >= 0.3 is 0 Å². The van der Waals surface area contributed by atoms with E-state index in [-0.39, 0.29) is 24.4 Å². The summed E-state index contributed by atoms with van der Waals surface area (Å²) in [6.07, 6.45) is 5.51. The van der Waals surface area contributed by atoms with E-state index < -0.39 is 17.6 Å². The lowest BCUT2D eigenvalue weighted by molar-refractivity contribution is -0.208. The lowest BCUT2D eigenvalue weighted by Crippen LogP contribution is -2.50. The Morgan fingerprint density at radius 2 is 1.66 bits per heavy atom.